The van der Waals surface area contributed by atoms with Crippen molar-refractivity contribution in [2.45, 2.75) is 113 Å². The Morgan fingerprint density at radius 3 is 1.35 bits per heavy atom. The Kier molecular flexibility index (Phi) is 5.85. The van der Waals surface area contributed by atoms with Crippen molar-refractivity contribution in [3.05, 3.63) is 0 Å². The molecule has 3 aliphatic rings. The molecule has 0 saturated heterocycles. The Bertz CT molecular complexity index is 255. The zero-order valence-corrected chi connectivity index (χ0v) is 14.6. The third kappa shape index (κ3) is 3.80. The van der Waals surface area contributed by atoms with Gasteiger partial charge in [0.25, 0.3) is 0 Å². The van der Waals surface area contributed by atoms with E-state index >= 15 is 0 Å². The molecule has 0 bridgehead atoms. The number of halogens is 1. The summed E-state index contributed by atoms with van der Waals surface area (Å²) < 4.78 is 0. The first kappa shape index (κ1) is 15.3. The van der Waals surface area contributed by atoms with Gasteiger partial charge in [0.05, 0.1) is 0 Å². The lowest BCUT2D eigenvalue weighted by atomic mass is 9.84. The van der Waals surface area contributed by atoms with Crippen LogP contribution in [0, 0.1) is 0 Å². The molecule has 0 radical (unpaired) electrons. The molecule has 0 aromatic heterocycles. The van der Waals surface area contributed by atoms with Gasteiger partial charge in [-0.05, 0) is 51.4 Å². The molecule has 0 atom stereocenters. The Labute approximate surface area is 134 Å². The zero-order valence-electron chi connectivity index (χ0n) is 13.0. The van der Waals surface area contributed by atoms with Gasteiger partial charge < -0.3 is 0 Å². The lowest BCUT2D eigenvalue weighted by molar-refractivity contribution is 0.0229. The van der Waals surface area contributed by atoms with Gasteiger partial charge in [0.1, 0.15) is 0 Å². The molecule has 0 aliphatic heterocycles. The monoisotopic (exact) mass is 341 g/mol. The maximum absolute atomic E-state index is 3.84. The molecule has 0 spiro atoms. The maximum Gasteiger partial charge on any atom is 0.0147 e. The summed E-state index contributed by atoms with van der Waals surface area (Å²) in [5.41, 5.74) is 0. The highest BCUT2D eigenvalue weighted by molar-refractivity contribution is 9.09. The average Bonchev–Trinajstić information content (AvgIpc) is 2.52. The predicted molar refractivity (Wildman–Crippen MR) is 90.6 cm³/mol. The Hall–Kier alpha value is 0.440. The van der Waals surface area contributed by atoms with Crippen LogP contribution in [-0.4, -0.2) is 27.9 Å². The van der Waals surface area contributed by atoms with Crippen LogP contribution in [0.3, 0.4) is 0 Å². The number of hydrogen-bond acceptors (Lipinski definition) is 1. The van der Waals surface area contributed by atoms with Crippen LogP contribution in [-0.2, 0) is 0 Å². The van der Waals surface area contributed by atoms with E-state index in [2.05, 4.69) is 20.8 Å². The number of nitrogens with zero attached hydrogens (tertiary/aromatic N) is 1. The summed E-state index contributed by atoms with van der Waals surface area (Å²) in [5, 5.41) is 0. The maximum atomic E-state index is 3.84. The van der Waals surface area contributed by atoms with E-state index in [1.54, 1.807) is 0 Å². The van der Waals surface area contributed by atoms with Crippen molar-refractivity contribution < 1.29 is 0 Å². The number of hydrogen-bond donors (Lipinski definition) is 0. The van der Waals surface area contributed by atoms with Crippen molar-refractivity contribution in [2.75, 3.05) is 0 Å². The van der Waals surface area contributed by atoms with Crippen molar-refractivity contribution in [2.24, 2.45) is 0 Å². The first-order chi connectivity index (χ1) is 9.84. The molecule has 0 aromatic rings. The second-order valence-corrected chi connectivity index (χ2v) is 8.73. The van der Waals surface area contributed by atoms with Crippen molar-refractivity contribution in [1.29, 1.82) is 0 Å². The largest absolute Gasteiger partial charge is 0.294 e. The normalized spacial score (nSPS) is 34.5. The highest BCUT2D eigenvalue weighted by Crippen LogP contribution is 2.37. The molecule has 1 nitrogen and oxygen atoms in total. The van der Waals surface area contributed by atoms with Gasteiger partial charge in [-0.25, -0.2) is 0 Å². The van der Waals surface area contributed by atoms with Crippen molar-refractivity contribution in [3.8, 4) is 0 Å². The third-order valence-corrected chi connectivity index (χ3v) is 6.96. The molecule has 3 saturated carbocycles. The molecule has 20 heavy (non-hydrogen) atoms. The van der Waals surface area contributed by atoms with Crippen LogP contribution in [0.5, 0.6) is 0 Å². The first-order valence-electron chi connectivity index (χ1n) is 9.26. The fourth-order valence-electron chi connectivity index (χ4n) is 4.99. The van der Waals surface area contributed by atoms with Gasteiger partial charge in [-0.2, -0.15) is 0 Å². The molecule has 3 fully saturated rings. The summed E-state index contributed by atoms with van der Waals surface area (Å²) in [6.45, 7) is 0. The van der Waals surface area contributed by atoms with Crippen LogP contribution in [0.1, 0.15) is 89.9 Å². The van der Waals surface area contributed by atoms with Gasteiger partial charge in [0.15, 0.2) is 0 Å². The standard InChI is InChI=1S/C18H32BrN/c19-15-11-13-18(14-12-15)20(16-7-3-1-4-8-16)17-9-5-2-6-10-17/h15-18H,1-14H2. The summed E-state index contributed by atoms with van der Waals surface area (Å²) in [6.07, 6.45) is 20.6. The molecule has 3 aliphatic carbocycles. The van der Waals surface area contributed by atoms with Crippen LogP contribution in [0.25, 0.3) is 0 Å². The van der Waals surface area contributed by atoms with Gasteiger partial charge in [0, 0.05) is 23.0 Å². The minimum absolute atomic E-state index is 0.804. The molecule has 116 valence electrons. The lowest BCUT2D eigenvalue weighted by Crippen LogP contribution is -2.52. The molecule has 0 unspecified atom stereocenters. The van der Waals surface area contributed by atoms with Gasteiger partial charge >= 0.3 is 0 Å². The van der Waals surface area contributed by atoms with Crippen molar-refractivity contribution in [3.63, 3.8) is 0 Å². The predicted octanol–water partition coefficient (Wildman–Crippen LogP) is 5.66. The molecule has 3 rings (SSSR count). The average molecular weight is 342 g/mol. The Morgan fingerprint density at radius 1 is 0.500 bits per heavy atom. The fourth-order valence-corrected chi connectivity index (χ4v) is 5.51. The molecule has 0 aromatic carbocycles. The van der Waals surface area contributed by atoms with Crippen LogP contribution in [0.4, 0.5) is 0 Å². The Balaban J connectivity index is 1.68. The summed E-state index contributed by atoms with van der Waals surface area (Å²) in [5.74, 6) is 0. The minimum atomic E-state index is 0.804. The molecular formula is C18H32BrN. The van der Waals surface area contributed by atoms with Crippen LogP contribution in [0.2, 0.25) is 0 Å². The lowest BCUT2D eigenvalue weighted by Gasteiger charge is -2.48. The van der Waals surface area contributed by atoms with E-state index in [0.717, 1.165) is 23.0 Å². The molecule has 0 N–H and O–H groups in total. The second kappa shape index (κ2) is 7.63. The highest BCUT2D eigenvalue weighted by atomic mass is 79.9. The van der Waals surface area contributed by atoms with E-state index in [4.69, 9.17) is 0 Å². The smallest absolute Gasteiger partial charge is 0.0147 e. The third-order valence-electron chi connectivity index (χ3n) is 6.04. The topological polar surface area (TPSA) is 3.24 Å². The van der Waals surface area contributed by atoms with Gasteiger partial charge in [-0.1, -0.05) is 54.5 Å². The summed E-state index contributed by atoms with van der Waals surface area (Å²) in [4.78, 5) is 3.87. The van der Waals surface area contributed by atoms with Crippen LogP contribution >= 0.6 is 15.9 Å². The van der Waals surface area contributed by atoms with Crippen molar-refractivity contribution >= 4 is 15.9 Å². The molecule has 0 heterocycles. The summed E-state index contributed by atoms with van der Waals surface area (Å²) >= 11 is 3.84. The zero-order chi connectivity index (χ0) is 13.8. The van der Waals surface area contributed by atoms with E-state index in [-0.39, 0.29) is 0 Å². The van der Waals surface area contributed by atoms with Gasteiger partial charge in [-0.15, -0.1) is 0 Å². The van der Waals surface area contributed by atoms with E-state index in [1.165, 1.54) is 89.9 Å². The fraction of sp³-hybridized carbons (Fsp3) is 1.00. The van der Waals surface area contributed by atoms with Crippen LogP contribution in [0.15, 0.2) is 0 Å². The summed E-state index contributed by atoms with van der Waals surface area (Å²) in [6, 6.07) is 2.78. The molecule has 2 heteroatoms. The van der Waals surface area contributed by atoms with Crippen LogP contribution < -0.4 is 0 Å². The second-order valence-electron chi connectivity index (χ2n) is 7.44. The van der Waals surface area contributed by atoms with E-state index < -0.39 is 0 Å². The molecular weight excluding hydrogens is 310 g/mol. The quantitative estimate of drug-likeness (QED) is 0.598. The number of rotatable bonds is 3. The van der Waals surface area contributed by atoms with Gasteiger partial charge in [-0.3, -0.25) is 4.90 Å². The van der Waals surface area contributed by atoms with E-state index in [0.29, 0.717) is 0 Å². The Morgan fingerprint density at radius 2 is 0.900 bits per heavy atom. The minimum Gasteiger partial charge on any atom is -0.294 e. The van der Waals surface area contributed by atoms with Gasteiger partial charge in [0.2, 0.25) is 0 Å². The summed E-state index contributed by atoms with van der Waals surface area (Å²) in [7, 11) is 0. The van der Waals surface area contributed by atoms with E-state index in [9.17, 15) is 0 Å². The van der Waals surface area contributed by atoms with Crippen molar-refractivity contribution in [1.82, 2.24) is 4.90 Å². The molecule has 0 amide bonds. The highest BCUT2D eigenvalue weighted by Gasteiger charge is 2.35. The first-order valence-corrected chi connectivity index (χ1v) is 10.2. The SMILES string of the molecule is BrC1CCC(N(C2CCCCC2)C2CCCCC2)CC1. The number of alkyl halides is 1. The van der Waals surface area contributed by atoms with E-state index in [1.807, 2.05) is 0 Å².